The van der Waals surface area contributed by atoms with Gasteiger partial charge in [-0.25, -0.2) is 4.98 Å². The van der Waals surface area contributed by atoms with Crippen molar-refractivity contribution in [2.75, 3.05) is 5.75 Å². The van der Waals surface area contributed by atoms with Crippen LogP contribution in [0.15, 0.2) is 57.8 Å². The molecule has 0 radical (unpaired) electrons. The SMILES string of the molecule is CC(=O)CSc1ccc(OCc2oc(-c3ccc(C(F)(F)F)cc3)nc2C)cc1. The molecule has 3 rings (SSSR count). The summed E-state index contributed by atoms with van der Waals surface area (Å²) in [6.07, 6.45) is -4.38. The van der Waals surface area contributed by atoms with Crippen LogP contribution in [0, 0.1) is 6.92 Å². The van der Waals surface area contributed by atoms with E-state index in [0.717, 1.165) is 17.0 Å². The Morgan fingerprint density at radius 2 is 1.76 bits per heavy atom. The third-order valence-electron chi connectivity index (χ3n) is 3.99. The number of oxazole rings is 1. The number of carbonyl (C=O) groups excluding carboxylic acids is 1. The zero-order chi connectivity index (χ0) is 21.0. The third-order valence-corrected chi connectivity index (χ3v) is 5.14. The fourth-order valence-corrected chi connectivity index (χ4v) is 3.15. The van der Waals surface area contributed by atoms with Crippen molar-refractivity contribution >= 4 is 17.5 Å². The molecule has 0 N–H and O–H groups in total. The highest BCUT2D eigenvalue weighted by atomic mass is 32.2. The van der Waals surface area contributed by atoms with Gasteiger partial charge in [-0.2, -0.15) is 13.2 Å². The lowest BCUT2D eigenvalue weighted by Gasteiger charge is -2.06. The molecule has 3 aromatic rings. The Bertz CT molecular complexity index is 980. The number of hydrogen-bond donors (Lipinski definition) is 0. The van der Waals surface area contributed by atoms with Gasteiger partial charge in [0.2, 0.25) is 5.89 Å². The standard InChI is InChI=1S/C21H18F3NO3S/c1-13(26)12-29-18-9-7-17(8-10-18)27-11-19-14(2)25-20(28-19)15-3-5-16(6-4-15)21(22,23)24/h3-10H,11-12H2,1-2H3. The lowest BCUT2D eigenvalue weighted by atomic mass is 10.1. The summed E-state index contributed by atoms with van der Waals surface area (Å²) in [7, 11) is 0. The second-order valence-electron chi connectivity index (χ2n) is 6.35. The maximum Gasteiger partial charge on any atom is 0.416 e. The lowest BCUT2D eigenvalue weighted by molar-refractivity contribution is -0.137. The molecule has 1 aromatic heterocycles. The van der Waals surface area contributed by atoms with Crippen molar-refractivity contribution < 1.29 is 27.1 Å². The van der Waals surface area contributed by atoms with E-state index < -0.39 is 11.7 Å². The molecule has 0 spiro atoms. The van der Waals surface area contributed by atoms with E-state index in [2.05, 4.69) is 4.98 Å². The quantitative estimate of drug-likeness (QED) is 0.443. The van der Waals surface area contributed by atoms with Gasteiger partial charge in [0.1, 0.15) is 18.1 Å². The molecular formula is C21H18F3NO3S. The molecule has 0 aliphatic rings. The Hall–Kier alpha value is -2.74. The van der Waals surface area contributed by atoms with E-state index in [1.807, 2.05) is 12.1 Å². The van der Waals surface area contributed by atoms with E-state index in [4.69, 9.17) is 9.15 Å². The summed E-state index contributed by atoms with van der Waals surface area (Å²) in [5.74, 6) is 1.90. The molecule has 0 aliphatic carbocycles. The minimum Gasteiger partial charge on any atom is -0.486 e. The number of rotatable bonds is 7. The summed E-state index contributed by atoms with van der Waals surface area (Å²) in [6.45, 7) is 3.43. The van der Waals surface area contributed by atoms with Crippen LogP contribution in [0.2, 0.25) is 0 Å². The van der Waals surface area contributed by atoms with Crippen LogP contribution >= 0.6 is 11.8 Å². The first kappa shape index (κ1) is 21.0. The Kier molecular flexibility index (Phi) is 6.32. The van der Waals surface area contributed by atoms with E-state index in [9.17, 15) is 18.0 Å². The molecule has 0 saturated heterocycles. The number of halogens is 3. The first-order chi connectivity index (χ1) is 13.7. The number of aryl methyl sites for hydroxylation is 1. The molecule has 29 heavy (non-hydrogen) atoms. The predicted molar refractivity (Wildman–Crippen MR) is 104 cm³/mol. The van der Waals surface area contributed by atoms with Gasteiger partial charge in [0, 0.05) is 10.5 Å². The summed E-state index contributed by atoms with van der Waals surface area (Å²) >= 11 is 1.45. The molecule has 4 nitrogen and oxygen atoms in total. The Balaban J connectivity index is 1.64. The van der Waals surface area contributed by atoms with Gasteiger partial charge in [-0.3, -0.25) is 4.79 Å². The van der Waals surface area contributed by atoms with Gasteiger partial charge in [-0.15, -0.1) is 11.8 Å². The van der Waals surface area contributed by atoms with Crippen LogP contribution in [0.5, 0.6) is 5.75 Å². The first-order valence-electron chi connectivity index (χ1n) is 8.71. The summed E-state index contributed by atoms with van der Waals surface area (Å²) in [4.78, 5) is 16.3. The van der Waals surface area contributed by atoms with Crippen molar-refractivity contribution in [1.29, 1.82) is 0 Å². The van der Waals surface area contributed by atoms with E-state index >= 15 is 0 Å². The number of aromatic nitrogens is 1. The van der Waals surface area contributed by atoms with E-state index in [0.29, 0.717) is 28.5 Å². The molecule has 0 fully saturated rings. The number of ether oxygens (including phenoxy) is 1. The van der Waals surface area contributed by atoms with Crippen LogP contribution in [0.1, 0.15) is 23.9 Å². The summed E-state index contributed by atoms with van der Waals surface area (Å²) in [5, 5.41) is 0. The van der Waals surface area contributed by atoms with Crippen LogP contribution in [0.4, 0.5) is 13.2 Å². The fraction of sp³-hybridized carbons (Fsp3) is 0.238. The number of ketones is 1. The Morgan fingerprint density at radius 3 is 2.34 bits per heavy atom. The minimum absolute atomic E-state index is 0.111. The van der Waals surface area contributed by atoms with E-state index in [-0.39, 0.29) is 18.3 Å². The van der Waals surface area contributed by atoms with Crippen LogP contribution in [-0.2, 0) is 17.6 Å². The summed E-state index contributed by atoms with van der Waals surface area (Å²) in [6, 6.07) is 12.0. The third kappa shape index (κ3) is 5.63. The zero-order valence-electron chi connectivity index (χ0n) is 15.7. The number of hydrogen-bond acceptors (Lipinski definition) is 5. The van der Waals surface area contributed by atoms with Gasteiger partial charge in [-0.1, -0.05) is 0 Å². The monoisotopic (exact) mass is 421 g/mol. The maximum absolute atomic E-state index is 12.7. The number of benzene rings is 2. The average molecular weight is 421 g/mol. The van der Waals surface area contributed by atoms with E-state index in [1.165, 1.54) is 23.9 Å². The molecule has 2 aromatic carbocycles. The average Bonchev–Trinajstić information content (AvgIpc) is 3.05. The van der Waals surface area contributed by atoms with Gasteiger partial charge in [-0.05, 0) is 62.4 Å². The predicted octanol–water partition coefficient (Wildman–Crippen LogP) is 5.93. The molecule has 0 saturated carbocycles. The number of carbonyl (C=O) groups is 1. The lowest BCUT2D eigenvalue weighted by Crippen LogP contribution is -2.03. The Labute approximate surface area is 170 Å². The summed E-state index contributed by atoms with van der Waals surface area (Å²) in [5.41, 5.74) is 0.339. The molecular weight excluding hydrogens is 403 g/mol. The zero-order valence-corrected chi connectivity index (χ0v) is 16.6. The summed E-state index contributed by atoms with van der Waals surface area (Å²) < 4.78 is 49.4. The van der Waals surface area contributed by atoms with Crippen LogP contribution in [-0.4, -0.2) is 16.5 Å². The molecule has 0 unspecified atom stereocenters. The fourth-order valence-electron chi connectivity index (χ4n) is 2.45. The van der Waals surface area contributed by atoms with Crippen molar-refractivity contribution in [2.24, 2.45) is 0 Å². The topological polar surface area (TPSA) is 52.3 Å². The molecule has 152 valence electrons. The van der Waals surface area contributed by atoms with Crippen LogP contribution in [0.3, 0.4) is 0 Å². The minimum atomic E-state index is -4.38. The number of alkyl halides is 3. The first-order valence-corrected chi connectivity index (χ1v) is 9.70. The van der Waals surface area contributed by atoms with Crippen molar-refractivity contribution in [1.82, 2.24) is 4.98 Å². The van der Waals surface area contributed by atoms with Crippen LogP contribution < -0.4 is 4.74 Å². The second kappa shape index (κ2) is 8.73. The van der Waals surface area contributed by atoms with Crippen LogP contribution in [0.25, 0.3) is 11.5 Å². The Morgan fingerprint density at radius 1 is 1.10 bits per heavy atom. The number of Topliss-reactive ketones (excluding diaryl/α,β-unsaturated/α-hetero) is 1. The largest absolute Gasteiger partial charge is 0.486 e. The van der Waals surface area contributed by atoms with Gasteiger partial charge in [0.25, 0.3) is 0 Å². The highest BCUT2D eigenvalue weighted by Crippen LogP contribution is 2.31. The molecule has 1 heterocycles. The molecule has 0 aliphatic heterocycles. The second-order valence-corrected chi connectivity index (χ2v) is 7.40. The van der Waals surface area contributed by atoms with Crippen molar-refractivity contribution in [3.05, 3.63) is 65.5 Å². The number of nitrogens with zero attached hydrogens (tertiary/aromatic N) is 1. The smallest absolute Gasteiger partial charge is 0.416 e. The molecule has 0 atom stereocenters. The molecule has 0 bridgehead atoms. The van der Waals surface area contributed by atoms with Gasteiger partial charge >= 0.3 is 6.18 Å². The molecule has 8 heteroatoms. The van der Waals surface area contributed by atoms with Gasteiger partial charge in [0.15, 0.2) is 5.76 Å². The highest BCUT2D eigenvalue weighted by molar-refractivity contribution is 8.00. The number of thioether (sulfide) groups is 1. The molecule has 0 amide bonds. The highest BCUT2D eigenvalue weighted by Gasteiger charge is 2.30. The maximum atomic E-state index is 12.7. The van der Waals surface area contributed by atoms with Crippen molar-refractivity contribution in [3.8, 4) is 17.2 Å². The van der Waals surface area contributed by atoms with Gasteiger partial charge < -0.3 is 9.15 Å². The van der Waals surface area contributed by atoms with Crippen molar-refractivity contribution in [3.63, 3.8) is 0 Å². The van der Waals surface area contributed by atoms with Gasteiger partial charge in [0.05, 0.1) is 17.0 Å². The normalized spacial score (nSPS) is 11.5. The van der Waals surface area contributed by atoms with Crippen molar-refractivity contribution in [2.45, 2.75) is 31.5 Å². The van der Waals surface area contributed by atoms with E-state index in [1.54, 1.807) is 26.0 Å².